The first-order valence-corrected chi connectivity index (χ1v) is 5.19. The van der Waals surface area contributed by atoms with Gasteiger partial charge in [-0.05, 0) is 13.8 Å². The van der Waals surface area contributed by atoms with Crippen LogP contribution in [0, 0.1) is 0 Å². The molecular formula is C9H13N3OS. The minimum Gasteiger partial charge on any atom is -0.383 e. The van der Waals surface area contributed by atoms with Crippen molar-refractivity contribution in [2.45, 2.75) is 19.0 Å². The fourth-order valence-corrected chi connectivity index (χ4v) is 1.73. The maximum absolute atomic E-state index is 11.0. The number of nitrogen functional groups attached to an aromatic ring is 1. The zero-order valence-electron chi connectivity index (χ0n) is 8.20. The summed E-state index contributed by atoms with van der Waals surface area (Å²) in [5, 5.41) is 0.563. The summed E-state index contributed by atoms with van der Waals surface area (Å²) in [4.78, 5) is 17.6. The number of hydrogen-bond acceptors (Lipinski definition) is 4. The van der Waals surface area contributed by atoms with Crippen LogP contribution in [0.25, 0.3) is 0 Å². The highest BCUT2D eigenvalue weighted by Crippen LogP contribution is 2.12. The van der Waals surface area contributed by atoms with Crippen LogP contribution in [0.1, 0.15) is 13.8 Å². The van der Waals surface area contributed by atoms with E-state index in [9.17, 15) is 4.79 Å². The number of nitrogens with zero attached hydrogens (tertiary/aromatic N) is 1. The van der Waals surface area contributed by atoms with E-state index >= 15 is 0 Å². The number of thioether (sulfide) groups is 1. The zero-order chi connectivity index (χ0) is 10.6. The standard InChI is InChI=1S/C9H13N3OS/c1-6(2)3-4-14-9-11-7(10)5-8(13)12-9/h3,5H,4H2,1-2H3,(H3,10,11,12,13). The summed E-state index contributed by atoms with van der Waals surface area (Å²) in [6.45, 7) is 4.05. The van der Waals surface area contributed by atoms with E-state index in [4.69, 9.17) is 5.73 Å². The first kappa shape index (κ1) is 10.8. The second-order valence-electron chi connectivity index (χ2n) is 3.07. The molecule has 0 saturated heterocycles. The van der Waals surface area contributed by atoms with Crippen molar-refractivity contribution in [2.24, 2.45) is 0 Å². The second-order valence-corrected chi connectivity index (χ2v) is 4.08. The quantitative estimate of drug-likeness (QED) is 0.450. The van der Waals surface area contributed by atoms with Crippen LogP contribution >= 0.6 is 11.8 Å². The molecule has 3 N–H and O–H groups in total. The Morgan fingerprint density at radius 3 is 3.00 bits per heavy atom. The summed E-state index contributed by atoms with van der Waals surface area (Å²) in [6, 6.07) is 1.27. The number of hydrogen-bond donors (Lipinski definition) is 2. The lowest BCUT2D eigenvalue weighted by atomic mass is 10.3. The predicted octanol–water partition coefficient (Wildman–Crippen LogP) is 1.41. The molecule has 0 spiro atoms. The van der Waals surface area contributed by atoms with Gasteiger partial charge in [0.05, 0.1) is 0 Å². The molecule has 1 heterocycles. The molecule has 0 aliphatic carbocycles. The number of anilines is 1. The minimum absolute atomic E-state index is 0.211. The number of allylic oxidation sites excluding steroid dienone is 1. The molecule has 76 valence electrons. The van der Waals surface area contributed by atoms with Crippen LogP contribution < -0.4 is 11.3 Å². The number of aromatic amines is 1. The Bertz CT molecular complexity index is 393. The van der Waals surface area contributed by atoms with Crippen LogP contribution in [0.2, 0.25) is 0 Å². The summed E-state index contributed by atoms with van der Waals surface area (Å²) < 4.78 is 0. The molecule has 1 aromatic heterocycles. The Kier molecular flexibility index (Phi) is 3.76. The Hall–Kier alpha value is -1.23. The van der Waals surface area contributed by atoms with Crippen molar-refractivity contribution in [1.29, 1.82) is 0 Å². The highest BCUT2D eigenvalue weighted by molar-refractivity contribution is 7.99. The highest BCUT2D eigenvalue weighted by Gasteiger charge is 1.97. The van der Waals surface area contributed by atoms with Crippen LogP contribution in [-0.4, -0.2) is 15.7 Å². The van der Waals surface area contributed by atoms with E-state index in [1.807, 2.05) is 13.8 Å². The van der Waals surface area contributed by atoms with Crippen molar-refractivity contribution in [2.75, 3.05) is 11.5 Å². The van der Waals surface area contributed by atoms with Crippen molar-refractivity contribution in [1.82, 2.24) is 9.97 Å². The lowest BCUT2D eigenvalue weighted by molar-refractivity contribution is 0.947. The first-order chi connectivity index (χ1) is 6.58. The van der Waals surface area contributed by atoms with Gasteiger partial charge in [-0.1, -0.05) is 23.4 Å². The summed E-state index contributed by atoms with van der Waals surface area (Å²) in [5.41, 5.74) is 6.46. The van der Waals surface area contributed by atoms with Crippen molar-refractivity contribution < 1.29 is 0 Å². The van der Waals surface area contributed by atoms with Gasteiger partial charge in [0.2, 0.25) is 0 Å². The van der Waals surface area contributed by atoms with E-state index in [-0.39, 0.29) is 11.4 Å². The van der Waals surface area contributed by atoms with E-state index in [0.717, 1.165) is 5.75 Å². The normalized spacial score (nSPS) is 9.86. The largest absolute Gasteiger partial charge is 0.383 e. The van der Waals surface area contributed by atoms with Crippen molar-refractivity contribution in [3.8, 4) is 0 Å². The van der Waals surface area contributed by atoms with Gasteiger partial charge in [0.15, 0.2) is 5.16 Å². The Labute approximate surface area is 86.6 Å². The van der Waals surface area contributed by atoms with Gasteiger partial charge in [-0.2, -0.15) is 0 Å². The molecule has 0 saturated carbocycles. The van der Waals surface area contributed by atoms with Gasteiger partial charge in [-0.3, -0.25) is 4.79 Å². The molecule has 14 heavy (non-hydrogen) atoms. The molecule has 5 heteroatoms. The monoisotopic (exact) mass is 211 g/mol. The fourth-order valence-electron chi connectivity index (χ4n) is 0.809. The van der Waals surface area contributed by atoms with E-state index in [1.165, 1.54) is 23.4 Å². The van der Waals surface area contributed by atoms with Crippen LogP contribution in [0.5, 0.6) is 0 Å². The Balaban J connectivity index is 2.68. The average Bonchev–Trinajstić information content (AvgIpc) is 2.01. The number of rotatable bonds is 3. The molecule has 0 radical (unpaired) electrons. The maximum Gasteiger partial charge on any atom is 0.253 e. The Morgan fingerprint density at radius 1 is 1.71 bits per heavy atom. The first-order valence-electron chi connectivity index (χ1n) is 4.21. The second kappa shape index (κ2) is 4.85. The van der Waals surface area contributed by atoms with Crippen molar-refractivity contribution >= 4 is 17.6 Å². The van der Waals surface area contributed by atoms with Gasteiger partial charge >= 0.3 is 0 Å². The van der Waals surface area contributed by atoms with Crippen molar-refractivity contribution in [3.05, 3.63) is 28.1 Å². The average molecular weight is 211 g/mol. The van der Waals surface area contributed by atoms with Gasteiger partial charge in [0.25, 0.3) is 5.56 Å². The molecule has 0 bridgehead atoms. The summed E-state index contributed by atoms with van der Waals surface area (Å²) in [6.07, 6.45) is 2.06. The maximum atomic E-state index is 11.0. The molecular weight excluding hydrogens is 198 g/mol. The van der Waals surface area contributed by atoms with Gasteiger partial charge in [0, 0.05) is 11.8 Å². The third-order valence-electron chi connectivity index (χ3n) is 1.45. The fraction of sp³-hybridized carbons (Fsp3) is 0.333. The van der Waals surface area contributed by atoms with Gasteiger partial charge < -0.3 is 10.7 Å². The van der Waals surface area contributed by atoms with Crippen molar-refractivity contribution in [3.63, 3.8) is 0 Å². The van der Waals surface area contributed by atoms with E-state index < -0.39 is 0 Å². The highest BCUT2D eigenvalue weighted by atomic mass is 32.2. The molecule has 1 aromatic rings. The summed E-state index contributed by atoms with van der Waals surface area (Å²) in [5.74, 6) is 1.04. The topological polar surface area (TPSA) is 71.8 Å². The molecule has 0 aliphatic heterocycles. The van der Waals surface area contributed by atoms with Crippen LogP contribution in [0.3, 0.4) is 0 Å². The van der Waals surface area contributed by atoms with E-state index in [1.54, 1.807) is 0 Å². The number of aromatic nitrogens is 2. The molecule has 0 amide bonds. The molecule has 0 fully saturated rings. The molecule has 0 aliphatic rings. The molecule has 4 nitrogen and oxygen atoms in total. The third kappa shape index (κ3) is 3.66. The Morgan fingerprint density at radius 2 is 2.43 bits per heavy atom. The van der Waals surface area contributed by atoms with E-state index in [2.05, 4.69) is 16.0 Å². The number of nitrogens with two attached hydrogens (primary N) is 1. The third-order valence-corrected chi connectivity index (χ3v) is 2.25. The van der Waals surface area contributed by atoms with Crippen LogP contribution in [0.4, 0.5) is 5.82 Å². The van der Waals surface area contributed by atoms with Crippen LogP contribution in [0.15, 0.2) is 27.7 Å². The zero-order valence-corrected chi connectivity index (χ0v) is 9.02. The summed E-state index contributed by atoms with van der Waals surface area (Å²) >= 11 is 1.45. The SMILES string of the molecule is CC(C)=CCSc1nc(N)cc(=O)[nH]1. The molecule has 0 atom stereocenters. The lowest BCUT2D eigenvalue weighted by Crippen LogP contribution is -2.09. The van der Waals surface area contributed by atoms with Gasteiger partial charge in [-0.25, -0.2) is 4.98 Å². The van der Waals surface area contributed by atoms with E-state index in [0.29, 0.717) is 5.16 Å². The molecule has 0 unspecified atom stereocenters. The van der Waals surface area contributed by atoms with Gasteiger partial charge in [0.1, 0.15) is 5.82 Å². The van der Waals surface area contributed by atoms with Crippen LogP contribution in [-0.2, 0) is 0 Å². The molecule has 1 rings (SSSR count). The number of H-pyrrole nitrogens is 1. The summed E-state index contributed by atoms with van der Waals surface area (Å²) in [7, 11) is 0. The smallest absolute Gasteiger partial charge is 0.253 e. The number of nitrogens with one attached hydrogen (secondary N) is 1. The lowest BCUT2D eigenvalue weighted by Gasteiger charge is -1.98. The predicted molar refractivity (Wildman–Crippen MR) is 59.4 cm³/mol. The molecule has 0 aromatic carbocycles. The van der Waals surface area contributed by atoms with Gasteiger partial charge in [-0.15, -0.1) is 0 Å². The minimum atomic E-state index is -0.211.